The summed E-state index contributed by atoms with van der Waals surface area (Å²) in [4.78, 5) is 15.8. The van der Waals surface area contributed by atoms with E-state index in [-0.39, 0.29) is 0 Å². The van der Waals surface area contributed by atoms with Crippen LogP contribution in [0.15, 0.2) is 54.6 Å². The number of benzene rings is 2. The molecule has 3 N–H and O–H groups in total. The molecule has 4 rings (SSSR count). The normalized spacial score (nSPS) is 10.8. The summed E-state index contributed by atoms with van der Waals surface area (Å²) < 4.78 is 1.97. The Bertz CT molecular complexity index is 1220. The lowest BCUT2D eigenvalue weighted by Gasteiger charge is -2.12. The number of primary amides is 1. The fourth-order valence-corrected chi connectivity index (χ4v) is 3.20. The lowest BCUT2D eigenvalue weighted by atomic mass is 10.1. The Hall–Kier alpha value is -3.85. The zero-order valence-electron chi connectivity index (χ0n) is 14.7. The number of hydrogen-bond acceptors (Lipinski definition) is 4. The second kappa shape index (κ2) is 6.46. The number of carbonyl (C=O) groups is 1. The minimum absolute atomic E-state index is 0.441. The Morgan fingerprint density at radius 3 is 2.67 bits per heavy atom. The van der Waals surface area contributed by atoms with Crippen LogP contribution in [0.3, 0.4) is 0 Å². The van der Waals surface area contributed by atoms with Crippen LogP contribution in [0.4, 0.5) is 5.82 Å². The van der Waals surface area contributed by atoms with E-state index in [0.717, 1.165) is 28.0 Å². The van der Waals surface area contributed by atoms with E-state index in [1.54, 1.807) is 12.1 Å². The number of pyridine rings is 1. The van der Waals surface area contributed by atoms with E-state index >= 15 is 0 Å². The Balaban J connectivity index is 1.77. The van der Waals surface area contributed by atoms with Gasteiger partial charge in [-0.25, -0.2) is 4.98 Å². The number of carbonyl (C=O) groups excluding carboxylic acids is 1. The van der Waals surface area contributed by atoms with Crippen LogP contribution in [0.5, 0.6) is 0 Å². The van der Waals surface area contributed by atoms with Gasteiger partial charge in [-0.15, -0.1) is 0 Å². The number of imidazole rings is 1. The van der Waals surface area contributed by atoms with Gasteiger partial charge in [0.05, 0.1) is 16.6 Å². The monoisotopic (exact) mass is 355 g/mol. The van der Waals surface area contributed by atoms with E-state index in [2.05, 4.69) is 16.4 Å². The summed E-state index contributed by atoms with van der Waals surface area (Å²) in [6.07, 6.45) is 0. The molecular weight excluding hydrogens is 338 g/mol. The molecule has 4 aromatic rings. The molecule has 0 spiro atoms. The highest BCUT2D eigenvalue weighted by Crippen LogP contribution is 2.26. The summed E-state index contributed by atoms with van der Waals surface area (Å²) in [5, 5.41) is 13.0. The van der Waals surface area contributed by atoms with E-state index in [1.165, 1.54) is 0 Å². The van der Waals surface area contributed by atoms with Crippen molar-refractivity contribution in [2.45, 2.75) is 13.5 Å². The van der Waals surface area contributed by atoms with E-state index in [9.17, 15) is 10.1 Å². The molecule has 0 aliphatic heterocycles. The fourth-order valence-electron chi connectivity index (χ4n) is 3.20. The van der Waals surface area contributed by atoms with Crippen LogP contribution in [-0.2, 0) is 6.54 Å². The van der Waals surface area contributed by atoms with Crippen molar-refractivity contribution < 1.29 is 4.79 Å². The molecule has 2 aromatic carbocycles. The molecule has 0 bridgehead atoms. The van der Waals surface area contributed by atoms with Gasteiger partial charge in [0, 0.05) is 12.1 Å². The van der Waals surface area contributed by atoms with Gasteiger partial charge in [0.1, 0.15) is 11.9 Å². The molecule has 1 amide bonds. The standard InChI is InChI=1S/C21H17N5O/c1-13-10-19(24-12-14-6-8-15(9-7-14)20(23)27)26-18-5-3-2-4-17(18)25-21(26)16(13)11-22/h2-10,24H,12H2,1H3,(H2,23,27). The molecule has 6 nitrogen and oxygen atoms in total. The number of rotatable bonds is 4. The molecule has 0 radical (unpaired) electrons. The van der Waals surface area contributed by atoms with Gasteiger partial charge in [-0.2, -0.15) is 5.26 Å². The number of nitriles is 1. The Kier molecular flexibility index (Phi) is 3.98. The molecule has 2 aromatic heterocycles. The Morgan fingerprint density at radius 2 is 1.96 bits per heavy atom. The largest absolute Gasteiger partial charge is 0.367 e. The van der Waals surface area contributed by atoms with Crippen LogP contribution < -0.4 is 11.1 Å². The van der Waals surface area contributed by atoms with Gasteiger partial charge in [-0.1, -0.05) is 24.3 Å². The van der Waals surface area contributed by atoms with Crippen LogP contribution in [-0.4, -0.2) is 15.3 Å². The SMILES string of the molecule is Cc1cc(NCc2ccc(C(N)=O)cc2)n2c(nc3ccccc32)c1C#N. The summed E-state index contributed by atoms with van der Waals surface area (Å²) >= 11 is 0. The van der Waals surface area contributed by atoms with E-state index < -0.39 is 5.91 Å². The van der Waals surface area contributed by atoms with Gasteiger partial charge in [-0.05, 0) is 48.4 Å². The summed E-state index contributed by atoms with van der Waals surface area (Å²) in [6, 6.07) is 19.2. The summed E-state index contributed by atoms with van der Waals surface area (Å²) in [6.45, 7) is 2.47. The van der Waals surface area contributed by atoms with Gasteiger partial charge in [-0.3, -0.25) is 9.20 Å². The van der Waals surface area contributed by atoms with Gasteiger partial charge in [0.15, 0.2) is 5.65 Å². The second-order valence-electron chi connectivity index (χ2n) is 6.37. The molecule has 2 heterocycles. The van der Waals surface area contributed by atoms with Crippen molar-refractivity contribution in [1.29, 1.82) is 5.26 Å². The predicted molar refractivity (Wildman–Crippen MR) is 104 cm³/mol. The lowest BCUT2D eigenvalue weighted by molar-refractivity contribution is 0.100. The second-order valence-corrected chi connectivity index (χ2v) is 6.37. The average Bonchev–Trinajstić information content (AvgIpc) is 3.06. The first kappa shape index (κ1) is 16.6. The molecule has 0 fully saturated rings. The number of nitrogens with zero attached hydrogens (tertiary/aromatic N) is 3. The van der Waals surface area contributed by atoms with Crippen molar-refractivity contribution in [3.05, 3.63) is 76.9 Å². The number of nitrogens with two attached hydrogens (primary N) is 1. The zero-order valence-corrected chi connectivity index (χ0v) is 14.7. The van der Waals surface area contributed by atoms with Gasteiger partial charge in [0.25, 0.3) is 0 Å². The van der Waals surface area contributed by atoms with Crippen LogP contribution in [0, 0.1) is 18.3 Å². The van der Waals surface area contributed by atoms with Crippen LogP contribution in [0.2, 0.25) is 0 Å². The third-order valence-electron chi connectivity index (χ3n) is 4.60. The Labute approximate surface area is 155 Å². The van der Waals surface area contributed by atoms with Crippen molar-refractivity contribution in [3.8, 4) is 6.07 Å². The van der Waals surface area contributed by atoms with E-state index in [0.29, 0.717) is 23.3 Å². The molecule has 0 saturated carbocycles. The zero-order chi connectivity index (χ0) is 19.0. The van der Waals surface area contributed by atoms with Crippen LogP contribution in [0.25, 0.3) is 16.7 Å². The number of aromatic nitrogens is 2. The topological polar surface area (TPSA) is 96.2 Å². The summed E-state index contributed by atoms with van der Waals surface area (Å²) in [5.74, 6) is 0.415. The van der Waals surface area contributed by atoms with Gasteiger partial charge < -0.3 is 11.1 Å². The molecule has 0 atom stereocenters. The quantitative estimate of drug-likeness (QED) is 0.586. The first-order chi connectivity index (χ1) is 13.1. The van der Waals surface area contributed by atoms with Crippen molar-refractivity contribution in [2.75, 3.05) is 5.32 Å². The maximum absolute atomic E-state index is 11.2. The number of amides is 1. The predicted octanol–water partition coefficient (Wildman–Crippen LogP) is 3.38. The molecule has 0 aliphatic rings. The maximum Gasteiger partial charge on any atom is 0.248 e. The number of anilines is 1. The Morgan fingerprint density at radius 1 is 1.22 bits per heavy atom. The van der Waals surface area contributed by atoms with Gasteiger partial charge in [0.2, 0.25) is 5.91 Å². The molecule has 132 valence electrons. The minimum atomic E-state index is -0.441. The van der Waals surface area contributed by atoms with Crippen molar-refractivity contribution in [2.24, 2.45) is 5.73 Å². The van der Waals surface area contributed by atoms with Crippen molar-refractivity contribution in [1.82, 2.24) is 9.38 Å². The third kappa shape index (κ3) is 2.85. The van der Waals surface area contributed by atoms with Crippen molar-refractivity contribution >= 4 is 28.4 Å². The van der Waals surface area contributed by atoms with Crippen LogP contribution in [0.1, 0.15) is 27.0 Å². The molecular formula is C21H17N5O. The highest BCUT2D eigenvalue weighted by Gasteiger charge is 2.14. The van der Waals surface area contributed by atoms with E-state index in [4.69, 9.17) is 5.73 Å². The number of para-hydroxylation sites is 2. The molecule has 27 heavy (non-hydrogen) atoms. The summed E-state index contributed by atoms with van der Waals surface area (Å²) in [5.41, 5.74) is 10.6. The summed E-state index contributed by atoms with van der Waals surface area (Å²) in [7, 11) is 0. The molecule has 0 saturated heterocycles. The molecule has 0 aliphatic carbocycles. The van der Waals surface area contributed by atoms with Gasteiger partial charge >= 0.3 is 0 Å². The minimum Gasteiger partial charge on any atom is -0.367 e. The van der Waals surface area contributed by atoms with Crippen LogP contribution >= 0.6 is 0 Å². The number of fused-ring (bicyclic) bond motifs is 3. The van der Waals surface area contributed by atoms with Crippen molar-refractivity contribution in [3.63, 3.8) is 0 Å². The fraction of sp³-hybridized carbons (Fsp3) is 0.0952. The highest BCUT2D eigenvalue weighted by atomic mass is 16.1. The number of hydrogen-bond donors (Lipinski definition) is 2. The number of aryl methyl sites for hydroxylation is 1. The maximum atomic E-state index is 11.2. The third-order valence-corrected chi connectivity index (χ3v) is 4.60. The highest BCUT2D eigenvalue weighted by molar-refractivity contribution is 5.92. The molecule has 6 heteroatoms. The van der Waals surface area contributed by atoms with E-state index in [1.807, 2.05) is 53.8 Å². The smallest absolute Gasteiger partial charge is 0.248 e. The first-order valence-corrected chi connectivity index (χ1v) is 8.52. The number of nitrogens with one attached hydrogen (secondary N) is 1. The first-order valence-electron chi connectivity index (χ1n) is 8.52. The lowest BCUT2D eigenvalue weighted by Crippen LogP contribution is -2.11. The molecule has 0 unspecified atom stereocenters. The average molecular weight is 355 g/mol.